The maximum atomic E-state index is 12.1. The second-order valence-corrected chi connectivity index (χ2v) is 5.99. The number of hydrogen-bond acceptors (Lipinski definition) is 5. The normalized spacial score (nSPS) is 15.7. The second-order valence-electron chi connectivity index (χ2n) is 5.99. The number of hydrogen-bond donors (Lipinski definition) is 1. The predicted molar refractivity (Wildman–Crippen MR) is 87.0 cm³/mol. The molecule has 2 heterocycles. The Hall–Kier alpha value is -1.89. The van der Waals surface area contributed by atoms with E-state index in [1.807, 2.05) is 4.90 Å². The van der Waals surface area contributed by atoms with Crippen molar-refractivity contribution in [2.24, 2.45) is 0 Å². The van der Waals surface area contributed by atoms with E-state index >= 15 is 0 Å². The number of amides is 2. The molecule has 1 N–H and O–H groups in total. The molecule has 0 saturated carbocycles. The highest BCUT2D eigenvalue weighted by molar-refractivity contribution is 5.91. The van der Waals surface area contributed by atoms with Gasteiger partial charge in [-0.2, -0.15) is 0 Å². The van der Waals surface area contributed by atoms with Crippen LogP contribution in [0.2, 0.25) is 0 Å². The molecule has 2 amide bonds. The molecular weight excluding hydrogens is 296 g/mol. The Morgan fingerprint density at radius 3 is 2.61 bits per heavy atom. The van der Waals surface area contributed by atoms with Gasteiger partial charge in [0.25, 0.3) is 0 Å². The van der Waals surface area contributed by atoms with Crippen LogP contribution in [0.3, 0.4) is 0 Å². The number of nitrogens with one attached hydrogen (secondary N) is 1. The van der Waals surface area contributed by atoms with Crippen LogP contribution >= 0.6 is 0 Å². The van der Waals surface area contributed by atoms with Crippen molar-refractivity contribution in [2.45, 2.75) is 39.5 Å². The first kappa shape index (κ1) is 17.5. The van der Waals surface area contributed by atoms with Crippen molar-refractivity contribution in [1.29, 1.82) is 0 Å². The van der Waals surface area contributed by atoms with E-state index in [1.54, 1.807) is 13.0 Å². The molecule has 0 atom stereocenters. The number of aryl methyl sites for hydroxylation is 1. The fourth-order valence-electron chi connectivity index (χ4n) is 2.65. The van der Waals surface area contributed by atoms with Gasteiger partial charge in [0.1, 0.15) is 5.76 Å². The van der Waals surface area contributed by atoms with Gasteiger partial charge >= 0.3 is 0 Å². The number of carbonyl (C=O) groups is 2. The van der Waals surface area contributed by atoms with Gasteiger partial charge in [-0.1, -0.05) is 24.9 Å². The Labute approximate surface area is 137 Å². The van der Waals surface area contributed by atoms with E-state index in [0.717, 1.165) is 32.4 Å². The number of nitrogens with zero attached hydrogens (tertiary/aromatic N) is 3. The maximum absolute atomic E-state index is 12.1. The van der Waals surface area contributed by atoms with Crippen LogP contribution in [-0.2, 0) is 9.59 Å². The fourth-order valence-corrected chi connectivity index (χ4v) is 2.65. The van der Waals surface area contributed by atoms with Crippen molar-refractivity contribution in [3.8, 4) is 0 Å². The van der Waals surface area contributed by atoms with Crippen molar-refractivity contribution < 1.29 is 14.1 Å². The summed E-state index contributed by atoms with van der Waals surface area (Å²) in [7, 11) is 0. The van der Waals surface area contributed by atoms with Crippen LogP contribution in [0.5, 0.6) is 0 Å². The van der Waals surface area contributed by atoms with Crippen LogP contribution in [0, 0.1) is 6.92 Å². The van der Waals surface area contributed by atoms with E-state index in [2.05, 4.69) is 22.3 Å². The maximum Gasteiger partial charge on any atom is 0.239 e. The molecule has 0 bridgehead atoms. The monoisotopic (exact) mass is 322 g/mol. The predicted octanol–water partition coefficient (Wildman–Crippen LogP) is 1.65. The minimum Gasteiger partial charge on any atom is -0.360 e. The van der Waals surface area contributed by atoms with Crippen molar-refractivity contribution in [3.63, 3.8) is 0 Å². The first-order valence-corrected chi connectivity index (χ1v) is 8.31. The van der Waals surface area contributed by atoms with Gasteiger partial charge in [0.2, 0.25) is 11.8 Å². The largest absolute Gasteiger partial charge is 0.360 e. The lowest BCUT2D eigenvalue weighted by atomic mass is 10.2. The zero-order valence-electron chi connectivity index (χ0n) is 14.0. The van der Waals surface area contributed by atoms with E-state index in [-0.39, 0.29) is 11.8 Å². The third kappa shape index (κ3) is 5.67. The smallest absolute Gasteiger partial charge is 0.239 e. The van der Waals surface area contributed by atoms with Gasteiger partial charge < -0.3 is 14.7 Å². The van der Waals surface area contributed by atoms with E-state index in [9.17, 15) is 9.59 Å². The molecule has 7 heteroatoms. The summed E-state index contributed by atoms with van der Waals surface area (Å²) in [5.74, 6) is 1.23. The second kappa shape index (κ2) is 8.67. The number of rotatable bonds is 7. The molecule has 1 aromatic rings. The summed E-state index contributed by atoms with van der Waals surface area (Å²) in [5.41, 5.74) is 0. The van der Waals surface area contributed by atoms with Gasteiger partial charge in [0, 0.05) is 38.7 Å². The zero-order chi connectivity index (χ0) is 16.7. The molecule has 0 spiro atoms. The molecule has 1 saturated heterocycles. The van der Waals surface area contributed by atoms with Gasteiger partial charge in [-0.3, -0.25) is 14.5 Å². The highest BCUT2D eigenvalue weighted by Crippen LogP contribution is 2.09. The van der Waals surface area contributed by atoms with Gasteiger partial charge in [0.15, 0.2) is 5.82 Å². The Kier molecular flexibility index (Phi) is 6.58. The molecule has 0 aliphatic carbocycles. The van der Waals surface area contributed by atoms with Gasteiger partial charge in [0.05, 0.1) is 6.54 Å². The Morgan fingerprint density at radius 2 is 2.00 bits per heavy atom. The highest BCUT2D eigenvalue weighted by atomic mass is 16.5. The summed E-state index contributed by atoms with van der Waals surface area (Å²) in [4.78, 5) is 28.0. The van der Waals surface area contributed by atoms with E-state index in [4.69, 9.17) is 4.52 Å². The van der Waals surface area contributed by atoms with Gasteiger partial charge in [-0.25, -0.2) is 0 Å². The summed E-state index contributed by atoms with van der Waals surface area (Å²) in [5, 5.41) is 6.45. The average molecular weight is 322 g/mol. The molecule has 1 aliphatic heterocycles. The molecule has 128 valence electrons. The van der Waals surface area contributed by atoms with Crippen LogP contribution < -0.4 is 5.32 Å². The van der Waals surface area contributed by atoms with Crippen LogP contribution in [-0.4, -0.2) is 59.5 Å². The molecule has 2 rings (SSSR count). The van der Waals surface area contributed by atoms with Crippen molar-refractivity contribution in [3.05, 3.63) is 11.8 Å². The lowest BCUT2D eigenvalue weighted by molar-refractivity contribution is -0.133. The molecule has 0 unspecified atom stereocenters. The van der Waals surface area contributed by atoms with Crippen LogP contribution in [0.4, 0.5) is 5.82 Å². The summed E-state index contributed by atoms with van der Waals surface area (Å²) in [6.07, 6.45) is 3.84. The molecule has 7 nitrogen and oxygen atoms in total. The van der Waals surface area contributed by atoms with E-state index < -0.39 is 0 Å². The summed E-state index contributed by atoms with van der Waals surface area (Å²) >= 11 is 0. The Morgan fingerprint density at radius 1 is 1.26 bits per heavy atom. The lowest BCUT2D eigenvalue weighted by Gasteiger charge is -2.34. The Bertz CT molecular complexity index is 521. The third-order valence-corrected chi connectivity index (χ3v) is 3.98. The van der Waals surface area contributed by atoms with Crippen LogP contribution in [0.15, 0.2) is 10.6 Å². The SMILES string of the molecule is CCCCCC(=O)N1CCN(CC(=O)Nc2cc(C)on2)CC1. The van der Waals surface area contributed by atoms with E-state index in [1.165, 1.54) is 0 Å². The third-order valence-electron chi connectivity index (χ3n) is 3.98. The number of unbranched alkanes of at least 4 members (excludes halogenated alkanes) is 2. The summed E-state index contributed by atoms with van der Waals surface area (Å²) in [6, 6.07) is 1.69. The van der Waals surface area contributed by atoms with Crippen molar-refractivity contribution in [1.82, 2.24) is 15.0 Å². The first-order valence-electron chi connectivity index (χ1n) is 8.31. The van der Waals surface area contributed by atoms with Crippen LogP contribution in [0.1, 0.15) is 38.4 Å². The summed E-state index contributed by atoms with van der Waals surface area (Å²) in [6.45, 7) is 7.07. The zero-order valence-corrected chi connectivity index (χ0v) is 14.0. The molecule has 1 fully saturated rings. The minimum atomic E-state index is -0.110. The number of aromatic nitrogens is 1. The molecule has 0 aromatic carbocycles. The van der Waals surface area contributed by atoms with Gasteiger partial charge in [-0.15, -0.1) is 0 Å². The van der Waals surface area contributed by atoms with Crippen LogP contribution in [0.25, 0.3) is 0 Å². The molecule has 1 aromatic heterocycles. The number of piperazine rings is 1. The average Bonchev–Trinajstić information content (AvgIpc) is 2.93. The molecule has 0 radical (unpaired) electrons. The molecule has 1 aliphatic rings. The minimum absolute atomic E-state index is 0.110. The number of anilines is 1. The van der Waals surface area contributed by atoms with Crippen molar-refractivity contribution in [2.75, 3.05) is 38.0 Å². The topological polar surface area (TPSA) is 78.7 Å². The number of carbonyl (C=O) groups excluding carboxylic acids is 2. The molecular formula is C16H26N4O3. The molecule has 23 heavy (non-hydrogen) atoms. The van der Waals surface area contributed by atoms with Crippen molar-refractivity contribution >= 4 is 17.6 Å². The fraction of sp³-hybridized carbons (Fsp3) is 0.688. The highest BCUT2D eigenvalue weighted by Gasteiger charge is 2.22. The Balaban J connectivity index is 1.67. The van der Waals surface area contributed by atoms with E-state index in [0.29, 0.717) is 37.6 Å². The first-order chi connectivity index (χ1) is 11.1. The van der Waals surface area contributed by atoms with Gasteiger partial charge in [-0.05, 0) is 13.3 Å². The standard InChI is InChI=1S/C16H26N4O3/c1-3-4-5-6-16(22)20-9-7-19(8-10-20)12-15(21)17-14-11-13(2)23-18-14/h11H,3-10,12H2,1-2H3,(H,17,18,21). The summed E-state index contributed by atoms with van der Waals surface area (Å²) < 4.78 is 4.91. The quantitative estimate of drug-likeness (QED) is 0.772. The lowest BCUT2D eigenvalue weighted by Crippen LogP contribution is -2.50.